The summed E-state index contributed by atoms with van der Waals surface area (Å²) < 4.78 is 0. The monoisotopic (exact) mass is 364 g/mol. The first-order chi connectivity index (χ1) is 13.2. The standard InChI is InChI=1S/C22H28N4O/c1-15-21(24-14-23-15)13-25-10-16-5-8-20(12-25)26(11-16)22(27)19-7-6-17-3-2-4-18(17)9-19/h6-7,9,14,16,20H,2-5,8,10-13H2,1H3,(H,23,24)/t16-,20+/m1/s1. The molecule has 27 heavy (non-hydrogen) atoms. The molecular formula is C22H28N4O. The topological polar surface area (TPSA) is 52.2 Å². The quantitative estimate of drug-likeness (QED) is 0.911. The minimum absolute atomic E-state index is 0.234. The van der Waals surface area contributed by atoms with Gasteiger partial charge < -0.3 is 9.88 Å². The van der Waals surface area contributed by atoms with Crippen molar-refractivity contribution < 1.29 is 4.79 Å². The molecule has 142 valence electrons. The van der Waals surface area contributed by atoms with Crippen LogP contribution in [0.1, 0.15) is 52.1 Å². The van der Waals surface area contributed by atoms with E-state index in [0.717, 1.165) is 56.0 Å². The molecule has 0 spiro atoms. The van der Waals surface area contributed by atoms with Crippen LogP contribution in [0.5, 0.6) is 0 Å². The Bertz CT molecular complexity index is 858. The Balaban J connectivity index is 1.34. The zero-order chi connectivity index (χ0) is 18.4. The van der Waals surface area contributed by atoms with Crippen LogP contribution in [0, 0.1) is 12.8 Å². The van der Waals surface area contributed by atoms with E-state index in [1.54, 1.807) is 6.33 Å². The summed E-state index contributed by atoms with van der Waals surface area (Å²) in [5.74, 6) is 0.804. The van der Waals surface area contributed by atoms with Crippen molar-refractivity contribution >= 4 is 5.91 Å². The highest BCUT2D eigenvalue weighted by Crippen LogP contribution is 2.31. The van der Waals surface area contributed by atoms with Gasteiger partial charge in [0.25, 0.3) is 5.91 Å². The molecule has 1 aliphatic carbocycles. The molecule has 0 unspecified atom stereocenters. The lowest BCUT2D eigenvalue weighted by Gasteiger charge is -2.36. The van der Waals surface area contributed by atoms with Crippen molar-refractivity contribution in [3.8, 4) is 0 Å². The third-order valence-electron chi connectivity index (χ3n) is 6.70. The second-order valence-electron chi connectivity index (χ2n) is 8.56. The van der Waals surface area contributed by atoms with Gasteiger partial charge in [0.15, 0.2) is 0 Å². The van der Waals surface area contributed by atoms with Crippen molar-refractivity contribution in [2.45, 2.75) is 51.6 Å². The number of H-pyrrole nitrogens is 1. The molecule has 4 heterocycles. The Kier molecular flexibility index (Phi) is 4.27. The van der Waals surface area contributed by atoms with Gasteiger partial charge in [-0.3, -0.25) is 9.69 Å². The van der Waals surface area contributed by atoms with E-state index in [1.807, 2.05) is 0 Å². The van der Waals surface area contributed by atoms with Gasteiger partial charge in [0, 0.05) is 43.5 Å². The molecule has 3 saturated heterocycles. The van der Waals surface area contributed by atoms with E-state index < -0.39 is 0 Å². The third-order valence-corrected chi connectivity index (χ3v) is 6.70. The number of carbonyl (C=O) groups is 1. The van der Waals surface area contributed by atoms with Gasteiger partial charge in [-0.15, -0.1) is 0 Å². The van der Waals surface area contributed by atoms with E-state index in [4.69, 9.17) is 0 Å². The Morgan fingerprint density at radius 3 is 2.93 bits per heavy atom. The van der Waals surface area contributed by atoms with Gasteiger partial charge in [0.1, 0.15) is 0 Å². The van der Waals surface area contributed by atoms with Gasteiger partial charge in [-0.1, -0.05) is 6.07 Å². The Labute approximate surface area is 160 Å². The van der Waals surface area contributed by atoms with Crippen LogP contribution in [-0.2, 0) is 19.4 Å². The molecule has 6 rings (SSSR count). The smallest absolute Gasteiger partial charge is 0.254 e. The van der Waals surface area contributed by atoms with E-state index in [9.17, 15) is 4.79 Å². The number of amides is 1. The summed E-state index contributed by atoms with van der Waals surface area (Å²) >= 11 is 0. The summed E-state index contributed by atoms with van der Waals surface area (Å²) in [6.07, 6.45) is 7.65. The first-order valence-corrected chi connectivity index (χ1v) is 10.3. The third kappa shape index (κ3) is 3.18. The summed E-state index contributed by atoms with van der Waals surface area (Å²) in [4.78, 5) is 25.6. The van der Waals surface area contributed by atoms with Gasteiger partial charge in [-0.2, -0.15) is 0 Å². The van der Waals surface area contributed by atoms with E-state index in [0.29, 0.717) is 12.0 Å². The predicted molar refractivity (Wildman–Crippen MR) is 105 cm³/mol. The summed E-state index contributed by atoms with van der Waals surface area (Å²) in [6, 6.07) is 6.71. The lowest BCUT2D eigenvalue weighted by Crippen LogP contribution is -2.47. The Hall–Kier alpha value is -2.14. The number of carbonyl (C=O) groups excluding carboxylic acids is 1. The molecule has 4 aliphatic rings. The number of nitrogens with zero attached hydrogens (tertiary/aromatic N) is 3. The van der Waals surface area contributed by atoms with E-state index in [-0.39, 0.29) is 5.91 Å². The van der Waals surface area contributed by atoms with Gasteiger partial charge in [0.2, 0.25) is 0 Å². The number of piperidine rings is 1. The fourth-order valence-electron chi connectivity index (χ4n) is 5.19. The first-order valence-electron chi connectivity index (χ1n) is 10.3. The number of benzene rings is 1. The lowest BCUT2D eigenvalue weighted by molar-refractivity contribution is 0.0584. The molecular weight excluding hydrogens is 336 g/mol. The number of aromatic nitrogens is 2. The molecule has 2 bridgehead atoms. The van der Waals surface area contributed by atoms with Gasteiger partial charge in [0.05, 0.1) is 12.0 Å². The van der Waals surface area contributed by atoms with Crippen LogP contribution in [-0.4, -0.2) is 51.4 Å². The van der Waals surface area contributed by atoms with Crippen molar-refractivity contribution in [2.75, 3.05) is 19.6 Å². The Morgan fingerprint density at radius 2 is 2.07 bits per heavy atom. The maximum Gasteiger partial charge on any atom is 0.254 e. The summed E-state index contributed by atoms with van der Waals surface area (Å²) in [7, 11) is 0. The van der Waals surface area contributed by atoms with Crippen molar-refractivity contribution in [1.29, 1.82) is 0 Å². The van der Waals surface area contributed by atoms with Crippen molar-refractivity contribution in [2.24, 2.45) is 5.92 Å². The number of hydrogen-bond donors (Lipinski definition) is 1. The molecule has 0 saturated carbocycles. The normalized spacial score (nSPS) is 24.9. The summed E-state index contributed by atoms with van der Waals surface area (Å²) in [5, 5.41) is 0. The molecule has 5 nitrogen and oxygen atoms in total. The van der Waals surface area contributed by atoms with Crippen molar-refractivity contribution in [1.82, 2.24) is 19.8 Å². The minimum atomic E-state index is 0.234. The molecule has 3 fully saturated rings. The highest BCUT2D eigenvalue weighted by molar-refractivity contribution is 5.95. The van der Waals surface area contributed by atoms with Crippen molar-refractivity contribution in [3.63, 3.8) is 0 Å². The van der Waals surface area contributed by atoms with Gasteiger partial charge >= 0.3 is 0 Å². The number of aromatic amines is 1. The lowest BCUT2D eigenvalue weighted by atomic mass is 9.94. The summed E-state index contributed by atoms with van der Waals surface area (Å²) in [6.45, 7) is 5.88. The van der Waals surface area contributed by atoms with Crippen LogP contribution >= 0.6 is 0 Å². The number of aryl methyl sites for hydroxylation is 3. The molecule has 0 radical (unpaired) electrons. The largest absolute Gasteiger partial charge is 0.348 e. The highest BCUT2D eigenvalue weighted by atomic mass is 16.2. The zero-order valence-electron chi connectivity index (χ0n) is 16.1. The fourth-order valence-corrected chi connectivity index (χ4v) is 5.19. The van der Waals surface area contributed by atoms with E-state index in [2.05, 4.69) is 44.9 Å². The van der Waals surface area contributed by atoms with Crippen LogP contribution in [0.25, 0.3) is 0 Å². The molecule has 1 aromatic heterocycles. The second kappa shape index (κ2) is 6.79. The molecule has 2 atom stereocenters. The second-order valence-corrected chi connectivity index (χ2v) is 8.56. The van der Waals surface area contributed by atoms with Gasteiger partial charge in [-0.25, -0.2) is 4.98 Å². The average Bonchev–Trinajstić information content (AvgIpc) is 3.20. The van der Waals surface area contributed by atoms with E-state index >= 15 is 0 Å². The van der Waals surface area contributed by atoms with E-state index in [1.165, 1.54) is 30.4 Å². The predicted octanol–water partition coefficient (Wildman–Crippen LogP) is 2.94. The van der Waals surface area contributed by atoms with Crippen LogP contribution in [0.15, 0.2) is 24.5 Å². The van der Waals surface area contributed by atoms with Gasteiger partial charge in [-0.05, 0) is 68.2 Å². The maximum atomic E-state index is 13.3. The molecule has 1 N–H and O–H groups in total. The number of nitrogens with one attached hydrogen (secondary N) is 1. The van der Waals surface area contributed by atoms with Crippen LogP contribution in [0.2, 0.25) is 0 Å². The molecule has 2 aromatic rings. The fraction of sp³-hybridized carbons (Fsp3) is 0.545. The first kappa shape index (κ1) is 17.0. The van der Waals surface area contributed by atoms with Crippen LogP contribution in [0.3, 0.4) is 0 Å². The number of fused-ring (bicyclic) bond motifs is 5. The molecule has 1 aromatic carbocycles. The average molecular weight is 364 g/mol. The maximum absolute atomic E-state index is 13.3. The van der Waals surface area contributed by atoms with Crippen LogP contribution in [0.4, 0.5) is 0 Å². The van der Waals surface area contributed by atoms with Crippen LogP contribution < -0.4 is 0 Å². The minimum Gasteiger partial charge on any atom is -0.348 e. The highest BCUT2D eigenvalue weighted by Gasteiger charge is 2.37. The molecule has 3 aliphatic heterocycles. The molecule has 1 amide bonds. The van der Waals surface area contributed by atoms with Crippen molar-refractivity contribution in [3.05, 3.63) is 52.6 Å². The number of rotatable bonds is 3. The Morgan fingerprint density at radius 1 is 1.19 bits per heavy atom. The zero-order valence-corrected chi connectivity index (χ0v) is 16.1. The summed E-state index contributed by atoms with van der Waals surface area (Å²) in [5.41, 5.74) is 5.99. The molecule has 5 heteroatoms. The number of hydrogen-bond acceptors (Lipinski definition) is 3. The SMILES string of the molecule is Cc1[nH]cnc1CN1C[C@H]2CC[C@@H](C1)N(C(=O)c1ccc3c(c1)CCC3)C2. The number of imidazole rings is 1.